The van der Waals surface area contributed by atoms with E-state index >= 15 is 0 Å². The number of carbonyl (C=O) groups excluding carboxylic acids is 1. The highest BCUT2D eigenvalue weighted by atomic mass is 19.2. The van der Waals surface area contributed by atoms with Crippen LogP contribution in [0, 0.1) is 11.6 Å². The highest BCUT2D eigenvalue weighted by Gasteiger charge is 2.19. The number of amides is 1. The van der Waals surface area contributed by atoms with Crippen LogP contribution in [-0.4, -0.2) is 26.2 Å². The van der Waals surface area contributed by atoms with E-state index in [1.54, 1.807) is 25.1 Å². The smallest absolute Gasteiger partial charge is 0.258 e. The van der Waals surface area contributed by atoms with Crippen molar-refractivity contribution in [3.63, 3.8) is 0 Å². The van der Waals surface area contributed by atoms with Crippen molar-refractivity contribution in [3.8, 4) is 11.5 Å². The Labute approximate surface area is 139 Å². The summed E-state index contributed by atoms with van der Waals surface area (Å²) in [5.74, 6) is -1.32. The van der Waals surface area contributed by atoms with Gasteiger partial charge in [0.25, 0.3) is 5.91 Å². The zero-order chi connectivity index (χ0) is 17.7. The lowest BCUT2D eigenvalue weighted by molar-refractivity contribution is 0.0988. The molecule has 0 unspecified atom stereocenters. The largest absolute Gasteiger partial charge is 0.493 e. The molecule has 4 nitrogen and oxygen atoms in total. The van der Waals surface area contributed by atoms with Gasteiger partial charge in [-0.1, -0.05) is 0 Å². The molecular weight excluding hydrogens is 316 g/mol. The molecule has 0 saturated carbocycles. The average Bonchev–Trinajstić information content (AvgIpc) is 2.59. The molecule has 2 aromatic rings. The second-order valence-corrected chi connectivity index (χ2v) is 4.95. The van der Waals surface area contributed by atoms with Crippen LogP contribution in [0.3, 0.4) is 0 Å². The molecular formula is C18H19F2NO3. The number of hydrogen-bond donors (Lipinski definition) is 0. The third kappa shape index (κ3) is 3.64. The number of rotatable bonds is 6. The van der Waals surface area contributed by atoms with Crippen molar-refractivity contribution in [1.29, 1.82) is 0 Å². The normalized spacial score (nSPS) is 10.4. The Morgan fingerprint density at radius 2 is 1.79 bits per heavy atom. The molecule has 0 aliphatic rings. The maximum absolute atomic E-state index is 13.4. The Morgan fingerprint density at radius 1 is 1.04 bits per heavy atom. The molecule has 1 amide bonds. The van der Waals surface area contributed by atoms with Gasteiger partial charge < -0.3 is 14.4 Å². The maximum Gasteiger partial charge on any atom is 0.258 e. The van der Waals surface area contributed by atoms with Crippen LogP contribution in [0.15, 0.2) is 36.4 Å². The van der Waals surface area contributed by atoms with E-state index in [0.717, 1.165) is 12.1 Å². The minimum absolute atomic E-state index is 0.286. The van der Waals surface area contributed by atoms with Gasteiger partial charge in [-0.15, -0.1) is 0 Å². The Hall–Kier alpha value is -2.63. The first kappa shape index (κ1) is 17.7. The molecule has 6 heteroatoms. The predicted octanol–water partition coefficient (Wildman–Crippen LogP) is 4.04. The molecule has 0 radical (unpaired) electrons. The lowest BCUT2D eigenvalue weighted by Gasteiger charge is -2.22. The highest BCUT2D eigenvalue weighted by Crippen LogP contribution is 2.29. The molecule has 0 aliphatic carbocycles. The summed E-state index contributed by atoms with van der Waals surface area (Å²) >= 11 is 0. The van der Waals surface area contributed by atoms with Gasteiger partial charge >= 0.3 is 0 Å². The Bertz CT molecular complexity index is 734. The molecule has 0 fully saturated rings. The zero-order valence-corrected chi connectivity index (χ0v) is 13.8. The van der Waals surface area contributed by atoms with Gasteiger partial charge in [0.1, 0.15) is 0 Å². The van der Waals surface area contributed by atoms with Gasteiger partial charge in [0.05, 0.1) is 13.7 Å². The standard InChI is InChI=1S/C18H19F2NO3/c1-4-21(13-7-8-14(19)15(20)11-13)18(22)12-6-9-16(24-5-2)17(10-12)23-3/h6-11H,4-5H2,1-3H3. The van der Waals surface area contributed by atoms with Crippen molar-refractivity contribution in [3.05, 3.63) is 53.6 Å². The van der Waals surface area contributed by atoms with E-state index < -0.39 is 11.6 Å². The molecule has 0 bridgehead atoms. The summed E-state index contributed by atoms with van der Waals surface area (Å²) in [5.41, 5.74) is 0.649. The van der Waals surface area contributed by atoms with Crippen LogP contribution in [-0.2, 0) is 0 Å². The maximum atomic E-state index is 13.4. The van der Waals surface area contributed by atoms with E-state index in [4.69, 9.17) is 9.47 Å². The number of nitrogens with zero attached hydrogens (tertiary/aromatic N) is 1. The summed E-state index contributed by atoms with van der Waals surface area (Å²) in [6.45, 7) is 4.38. The molecule has 0 heterocycles. The lowest BCUT2D eigenvalue weighted by atomic mass is 10.1. The minimum Gasteiger partial charge on any atom is -0.493 e. The van der Waals surface area contributed by atoms with Gasteiger partial charge in [0.15, 0.2) is 23.1 Å². The van der Waals surface area contributed by atoms with Crippen LogP contribution < -0.4 is 14.4 Å². The van der Waals surface area contributed by atoms with Crippen molar-refractivity contribution in [2.45, 2.75) is 13.8 Å². The van der Waals surface area contributed by atoms with Gasteiger partial charge in [0, 0.05) is 23.9 Å². The summed E-state index contributed by atoms with van der Waals surface area (Å²) in [7, 11) is 1.49. The molecule has 2 aromatic carbocycles. The van der Waals surface area contributed by atoms with Crippen LogP contribution in [0.25, 0.3) is 0 Å². The fourth-order valence-corrected chi connectivity index (χ4v) is 2.33. The fourth-order valence-electron chi connectivity index (χ4n) is 2.33. The number of anilines is 1. The van der Waals surface area contributed by atoms with Gasteiger partial charge in [-0.3, -0.25) is 4.79 Å². The van der Waals surface area contributed by atoms with Crippen LogP contribution in [0.2, 0.25) is 0 Å². The molecule has 0 aliphatic heterocycles. The second-order valence-electron chi connectivity index (χ2n) is 4.95. The molecule has 0 saturated heterocycles. The van der Waals surface area contributed by atoms with Gasteiger partial charge in [-0.2, -0.15) is 0 Å². The first-order valence-corrected chi connectivity index (χ1v) is 7.59. The zero-order valence-electron chi connectivity index (χ0n) is 13.8. The van der Waals surface area contributed by atoms with E-state index in [1.807, 2.05) is 6.92 Å². The van der Waals surface area contributed by atoms with E-state index in [-0.39, 0.29) is 11.6 Å². The first-order chi connectivity index (χ1) is 11.5. The van der Waals surface area contributed by atoms with E-state index in [2.05, 4.69) is 0 Å². The molecule has 0 spiro atoms. The molecule has 0 N–H and O–H groups in total. The van der Waals surface area contributed by atoms with Crippen molar-refractivity contribution in [2.75, 3.05) is 25.2 Å². The molecule has 24 heavy (non-hydrogen) atoms. The Balaban J connectivity index is 2.35. The molecule has 0 aromatic heterocycles. The van der Waals surface area contributed by atoms with Crippen molar-refractivity contribution in [2.24, 2.45) is 0 Å². The van der Waals surface area contributed by atoms with Gasteiger partial charge in [0.2, 0.25) is 0 Å². The first-order valence-electron chi connectivity index (χ1n) is 7.59. The number of hydrogen-bond acceptors (Lipinski definition) is 3. The van der Waals surface area contributed by atoms with Crippen LogP contribution >= 0.6 is 0 Å². The Kier molecular flexibility index (Phi) is 5.73. The predicted molar refractivity (Wildman–Crippen MR) is 87.9 cm³/mol. The monoisotopic (exact) mass is 335 g/mol. The SMILES string of the molecule is CCOc1ccc(C(=O)N(CC)c2ccc(F)c(F)c2)cc1OC. The topological polar surface area (TPSA) is 38.8 Å². The number of methoxy groups -OCH3 is 1. The lowest BCUT2D eigenvalue weighted by Crippen LogP contribution is -2.30. The molecule has 2 rings (SSSR count). The third-order valence-electron chi connectivity index (χ3n) is 3.49. The number of carbonyl (C=O) groups is 1. The number of benzene rings is 2. The Morgan fingerprint density at radius 3 is 2.38 bits per heavy atom. The summed E-state index contributed by atoms with van der Waals surface area (Å²) in [6, 6.07) is 8.19. The van der Waals surface area contributed by atoms with Crippen LogP contribution in [0.5, 0.6) is 11.5 Å². The number of halogens is 2. The van der Waals surface area contributed by atoms with Crippen molar-refractivity contribution in [1.82, 2.24) is 0 Å². The third-order valence-corrected chi connectivity index (χ3v) is 3.49. The average molecular weight is 335 g/mol. The summed E-state index contributed by atoms with van der Waals surface area (Å²) < 4.78 is 37.2. The quantitative estimate of drug-likeness (QED) is 0.800. The van der Waals surface area contributed by atoms with Crippen molar-refractivity contribution >= 4 is 11.6 Å². The molecule has 128 valence electrons. The fraction of sp³-hybridized carbons (Fsp3) is 0.278. The van der Waals surface area contributed by atoms with E-state index in [1.165, 1.54) is 18.1 Å². The van der Waals surface area contributed by atoms with E-state index in [9.17, 15) is 13.6 Å². The van der Waals surface area contributed by atoms with E-state index in [0.29, 0.717) is 30.2 Å². The van der Waals surface area contributed by atoms with Crippen LogP contribution in [0.1, 0.15) is 24.2 Å². The van der Waals surface area contributed by atoms with Gasteiger partial charge in [-0.05, 0) is 44.2 Å². The summed E-state index contributed by atoms with van der Waals surface area (Å²) in [6.07, 6.45) is 0. The second kappa shape index (κ2) is 7.77. The minimum atomic E-state index is -0.997. The van der Waals surface area contributed by atoms with Crippen molar-refractivity contribution < 1.29 is 23.0 Å². The number of ether oxygens (including phenoxy) is 2. The summed E-state index contributed by atoms with van der Waals surface area (Å²) in [5, 5.41) is 0. The van der Waals surface area contributed by atoms with Crippen LogP contribution in [0.4, 0.5) is 14.5 Å². The molecule has 0 atom stereocenters. The summed E-state index contributed by atoms with van der Waals surface area (Å²) in [4.78, 5) is 14.1. The van der Waals surface area contributed by atoms with Gasteiger partial charge in [-0.25, -0.2) is 8.78 Å². The highest BCUT2D eigenvalue weighted by molar-refractivity contribution is 6.06.